The predicted molar refractivity (Wildman–Crippen MR) is 208 cm³/mol. The molecule has 0 aliphatic heterocycles. The predicted octanol–water partition coefficient (Wildman–Crippen LogP) is 10.2. The number of aliphatic carboxylic acids is 1. The third-order valence-electron chi connectivity index (χ3n) is 16.2. The van der Waals surface area contributed by atoms with Crippen LogP contribution in [0.1, 0.15) is 144 Å². The molecular weight excluding hydrogens is 700 g/mol. The summed E-state index contributed by atoms with van der Waals surface area (Å²) in [5, 5.41) is 19.3. The largest absolute Gasteiger partial charge is 0.481 e. The van der Waals surface area contributed by atoms with E-state index < -0.39 is 17.4 Å². The van der Waals surface area contributed by atoms with Gasteiger partial charge in [-0.2, -0.15) is 0 Å². The molecule has 1 aromatic carbocycles. The summed E-state index contributed by atoms with van der Waals surface area (Å²) in [5.41, 5.74) is 2.01. The fourth-order valence-corrected chi connectivity index (χ4v) is 13.4. The van der Waals surface area contributed by atoms with E-state index in [1.165, 1.54) is 5.57 Å². The van der Waals surface area contributed by atoms with Crippen LogP contribution < -0.4 is 0 Å². The molecule has 294 valence electrons. The van der Waals surface area contributed by atoms with Gasteiger partial charge in [0.05, 0.1) is 18.3 Å². The summed E-state index contributed by atoms with van der Waals surface area (Å²) in [6.07, 6.45) is 9.40. The highest BCUT2D eigenvalue weighted by Crippen LogP contribution is 2.77. The minimum Gasteiger partial charge on any atom is -0.481 e. The second kappa shape index (κ2) is 13.3. The lowest BCUT2D eigenvalue weighted by atomic mass is 9.33. The van der Waals surface area contributed by atoms with Gasteiger partial charge in [0.1, 0.15) is 6.10 Å². The van der Waals surface area contributed by atoms with Gasteiger partial charge in [-0.1, -0.05) is 77.8 Å². The van der Waals surface area contributed by atoms with Crippen LogP contribution >= 0.6 is 11.6 Å². The highest BCUT2D eigenvalue weighted by Gasteiger charge is 2.70. The first-order valence-corrected chi connectivity index (χ1v) is 20.8. The second-order valence-electron chi connectivity index (χ2n) is 20.3. The van der Waals surface area contributed by atoms with Crippen molar-refractivity contribution in [2.45, 2.75) is 145 Å². The van der Waals surface area contributed by atoms with Crippen LogP contribution in [0, 0.1) is 56.2 Å². The van der Waals surface area contributed by atoms with E-state index in [1.54, 1.807) is 13.8 Å². The molecule has 8 nitrogen and oxygen atoms in total. The summed E-state index contributed by atoms with van der Waals surface area (Å²) in [5.74, 6) is 1.45. The average molecular weight is 761 g/mol. The number of hydrogen-bond acceptors (Lipinski definition) is 7. The molecule has 54 heavy (non-hydrogen) atoms. The van der Waals surface area contributed by atoms with Crippen LogP contribution in [0.2, 0.25) is 5.02 Å². The number of carbonyl (C=O) groups excluding carboxylic acids is 2. The lowest BCUT2D eigenvalue weighted by Crippen LogP contribution is -2.65. The Hall–Kier alpha value is -3.00. The van der Waals surface area contributed by atoms with Gasteiger partial charge in [0.25, 0.3) is 0 Å². The van der Waals surface area contributed by atoms with E-state index in [0.29, 0.717) is 59.6 Å². The van der Waals surface area contributed by atoms with E-state index in [0.717, 1.165) is 62.5 Å². The number of ketones is 1. The first kappa shape index (κ1) is 39.2. The molecular formula is C45H61ClN2O6. The van der Waals surface area contributed by atoms with E-state index in [4.69, 9.17) is 20.8 Å². The smallest absolute Gasteiger partial charge is 0.309 e. The SMILES string of the molecule is CC(C)C1=C2[C@H]3CC[C@@H]4[C@@]5(C)CC[C@H](OC(=O)CC(C)(C)C(=O)O)C(C)(C)C5CC[C@@]4(C)[C@]3(C)CC[C@@]2(Cc2nnc(Cc3ccc(Cl)cc3)o2)CC1=O. The highest BCUT2D eigenvalue weighted by atomic mass is 35.5. The number of carbonyl (C=O) groups is 3. The third kappa shape index (κ3) is 6.10. The molecule has 1 unspecified atom stereocenters. The standard InChI is InChI=1S/C45H61ClN2O6/c1-26(2)37-30(49)23-45(24-35-48-47-34(54-35)22-27-10-12-28(46)13-11-27)21-20-43(8)29(38(37)45)14-15-32-42(7)18-17-33(53-36(50)25-40(3,4)39(51)52)41(5,6)31(42)16-19-44(32,43)9/h10-13,26,29,31-33H,14-25H2,1-9H3,(H,51,52)/t29-,31?,32-,33+,42+,43-,44-,45+/m1/s1. The van der Waals surface area contributed by atoms with E-state index in [-0.39, 0.29) is 45.5 Å². The number of Topliss-reactive ketones (excluding diaryl/α,β-unsaturated/α-hetero) is 1. The summed E-state index contributed by atoms with van der Waals surface area (Å²) >= 11 is 6.11. The lowest BCUT2D eigenvalue weighted by molar-refractivity contribution is -0.233. The van der Waals surface area contributed by atoms with Gasteiger partial charge in [-0.25, -0.2) is 0 Å². The Morgan fingerprint density at radius 3 is 2.28 bits per heavy atom. The first-order valence-electron chi connectivity index (χ1n) is 20.4. The van der Waals surface area contributed by atoms with Crippen LogP contribution in [0.3, 0.4) is 0 Å². The summed E-state index contributed by atoms with van der Waals surface area (Å²) in [4.78, 5) is 39.0. The van der Waals surface area contributed by atoms with Crippen molar-refractivity contribution in [2.24, 2.45) is 56.2 Å². The number of allylic oxidation sites excluding steroid dienone is 2. The minimum absolute atomic E-state index is 0.0257. The highest BCUT2D eigenvalue weighted by molar-refractivity contribution is 6.30. The van der Waals surface area contributed by atoms with Crippen LogP contribution in [-0.4, -0.2) is 39.1 Å². The molecule has 1 aromatic heterocycles. The van der Waals surface area contributed by atoms with Gasteiger partial charge >= 0.3 is 11.9 Å². The molecule has 5 aliphatic rings. The van der Waals surface area contributed by atoms with Crippen molar-refractivity contribution in [3.63, 3.8) is 0 Å². The second-order valence-corrected chi connectivity index (χ2v) is 20.7. The number of nitrogens with zero attached hydrogens (tertiary/aromatic N) is 2. The molecule has 5 aliphatic carbocycles. The number of rotatable bonds is 9. The molecule has 7 rings (SSSR count). The molecule has 0 spiro atoms. The van der Waals surface area contributed by atoms with Crippen molar-refractivity contribution < 1.29 is 28.6 Å². The molecule has 0 amide bonds. The molecule has 0 radical (unpaired) electrons. The Morgan fingerprint density at radius 2 is 1.61 bits per heavy atom. The lowest BCUT2D eigenvalue weighted by Gasteiger charge is -2.72. The van der Waals surface area contributed by atoms with Crippen molar-refractivity contribution >= 4 is 29.3 Å². The van der Waals surface area contributed by atoms with Crippen LogP contribution in [0.15, 0.2) is 39.8 Å². The number of hydrogen-bond donors (Lipinski definition) is 1. The normalized spacial score (nSPS) is 35.9. The Bertz CT molecular complexity index is 1860. The van der Waals surface area contributed by atoms with Gasteiger partial charge in [0, 0.05) is 28.7 Å². The number of carboxylic acid groups (broad SMARTS) is 1. The van der Waals surface area contributed by atoms with Crippen molar-refractivity contribution in [3.05, 3.63) is 57.8 Å². The number of ether oxygens (including phenoxy) is 1. The van der Waals surface area contributed by atoms with Gasteiger partial charge in [0.2, 0.25) is 11.8 Å². The Morgan fingerprint density at radius 1 is 0.926 bits per heavy atom. The fraction of sp³-hybridized carbons (Fsp3) is 0.711. The zero-order valence-electron chi connectivity index (χ0n) is 33.9. The topological polar surface area (TPSA) is 120 Å². The van der Waals surface area contributed by atoms with E-state index in [9.17, 15) is 19.5 Å². The van der Waals surface area contributed by atoms with Crippen LogP contribution in [0.4, 0.5) is 0 Å². The monoisotopic (exact) mass is 760 g/mol. The van der Waals surface area contributed by atoms with Crippen molar-refractivity contribution in [1.82, 2.24) is 10.2 Å². The molecule has 8 atom stereocenters. The maximum absolute atomic E-state index is 14.1. The quantitative estimate of drug-likeness (QED) is 0.251. The zero-order valence-corrected chi connectivity index (χ0v) is 34.7. The van der Waals surface area contributed by atoms with Crippen LogP contribution in [0.25, 0.3) is 0 Å². The zero-order chi connectivity index (χ0) is 39.2. The van der Waals surface area contributed by atoms with Gasteiger partial charge < -0.3 is 14.3 Å². The van der Waals surface area contributed by atoms with Crippen molar-refractivity contribution in [2.75, 3.05) is 0 Å². The molecule has 4 fully saturated rings. The fourth-order valence-electron chi connectivity index (χ4n) is 13.3. The summed E-state index contributed by atoms with van der Waals surface area (Å²) in [6, 6.07) is 7.71. The molecule has 1 heterocycles. The van der Waals surface area contributed by atoms with Gasteiger partial charge in [0.15, 0.2) is 5.78 Å². The summed E-state index contributed by atoms with van der Waals surface area (Å²) in [6.45, 7) is 19.8. The summed E-state index contributed by atoms with van der Waals surface area (Å²) < 4.78 is 12.5. The number of carboxylic acids is 1. The Kier molecular flexibility index (Phi) is 9.67. The minimum atomic E-state index is -1.16. The van der Waals surface area contributed by atoms with Crippen LogP contribution in [-0.2, 0) is 32.0 Å². The third-order valence-corrected chi connectivity index (χ3v) is 16.5. The molecule has 1 N–H and O–H groups in total. The van der Waals surface area contributed by atoms with E-state index in [1.807, 2.05) is 24.3 Å². The van der Waals surface area contributed by atoms with Gasteiger partial charge in [-0.05, 0) is 128 Å². The average Bonchev–Trinajstić information content (AvgIpc) is 3.63. The molecule has 9 heteroatoms. The molecule has 2 aromatic rings. The first-order chi connectivity index (χ1) is 25.2. The van der Waals surface area contributed by atoms with E-state index in [2.05, 4.69) is 58.7 Å². The van der Waals surface area contributed by atoms with E-state index >= 15 is 0 Å². The van der Waals surface area contributed by atoms with Gasteiger partial charge in [-0.15, -0.1) is 10.2 Å². The maximum Gasteiger partial charge on any atom is 0.309 e. The number of esters is 1. The Balaban J connectivity index is 1.15. The Labute approximate surface area is 326 Å². The number of aromatic nitrogens is 2. The summed E-state index contributed by atoms with van der Waals surface area (Å²) in [7, 11) is 0. The number of fused-ring (bicyclic) bond motifs is 7. The van der Waals surface area contributed by atoms with Crippen molar-refractivity contribution in [1.29, 1.82) is 0 Å². The number of halogens is 1. The van der Waals surface area contributed by atoms with Gasteiger partial charge in [-0.3, -0.25) is 14.4 Å². The maximum atomic E-state index is 14.1. The van der Waals surface area contributed by atoms with Crippen LogP contribution in [0.5, 0.6) is 0 Å². The molecule has 0 saturated heterocycles. The van der Waals surface area contributed by atoms with Crippen molar-refractivity contribution in [3.8, 4) is 0 Å². The molecule has 4 saturated carbocycles. The molecule has 0 bridgehead atoms. The number of benzene rings is 1.